The lowest BCUT2D eigenvalue weighted by Crippen LogP contribution is -2.27. The molecule has 2 aromatic carbocycles. The molecule has 0 heterocycles. The summed E-state index contributed by atoms with van der Waals surface area (Å²) in [5.74, 6) is -0.236. The first-order valence-corrected chi connectivity index (χ1v) is 6.40. The van der Waals surface area contributed by atoms with Crippen LogP contribution in [0.15, 0.2) is 48.5 Å². The highest BCUT2D eigenvalue weighted by Gasteiger charge is 2.17. The van der Waals surface area contributed by atoms with Crippen molar-refractivity contribution in [3.63, 3.8) is 0 Å². The Morgan fingerprint density at radius 1 is 1.05 bits per heavy atom. The maximum atomic E-state index is 12.4. The Hall–Kier alpha value is -3.11. The summed E-state index contributed by atoms with van der Waals surface area (Å²) in [4.78, 5) is 13.8. The summed E-state index contributed by atoms with van der Waals surface area (Å²) in [5.41, 5.74) is 2.41. The minimum Gasteiger partial charge on any atom is -0.328 e. The van der Waals surface area contributed by atoms with Crippen molar-refractivity contribution in [1.29, 1.82) is 10.5 Å². The molecule has 0 saturated heterocycles. The molecule has 2 rings (SSSR count). The smallest absolute Gasteiger partial charge is 0.255 e. The Bertz CT molecular complexity index is 753. The van der Waals surface area contributed by atoms with Gasteiger partial charge in [-0.2, -0.15) is 10.5 Å². The second kappa shape index (κ2) is 6.36. The Morgan fingerprint density at radius 3 is 2.33 bits per heavy atom. The fraction of sp³-hybridized carbons (Fsp3) is 0.118. The van der Waals surface area contributed by atoms with E-state index in [4.69, 9.17) is 5.26 Å². The lowest BCUT2D eigenvalue weighted by atomic mass is 9.95. The van der Waals surface area contributed by atoms with Crippen molar-refractivity contribution in [2.75, 3.05) is 13.6 Å². The minimum atomic E-state index is -0.236. The highest BCUT2D eigenvalue weighted by atomic mass is 16.2. The van der Waals surface area contributed by atoms with Crippen LogP contribution in [0.1, 0.15) is 15.9 Å². The van der Waals surface area contributed by atoms with Crippen LogP contribution in [-0.2, 0) is 0 Å². The largest absolute Gasteiger partial charge is 0.328 e. The van der Waals surface area contributed by atoms with E-state index in [2.05, 4.69) is 6.07 Å². The molecule has 0 aliphatic rings. The number of carbonyl (C=O) groups is 1. The first-order valence-electron chi connectivity index (χ1n) is 6.40. The maximum Gasteiger partial charge on any atom is 0.255 e. The molecule has 2 aromatic rings. The van der Waals surface area contributed by atoms with E-state index in [-0.39, 0.29) is 12.5 Å². The van der Waals surface area contributed by atoms with Crippen LogP contribution in [0.5, 0.6) is 0 Å². The van der Waals surface area contributed by atoms with E-state index >= 15 is 0 Å². The number of carbonyl (C=O) groups excluding carboxylic acids is 1. The molecule has 0 aromatic heterocycles. The predicted octanol–water partition coefficient (Wildman–Crippen LogP) is 2.82. The molecule has 0 aliphatic carbocycles. The molecular formula is C17H13N3O. The second-order valence-electron chi connectivity index (χ2n) is 4.52. The van der Waals surface area contributed by atoms with Gasteiger partial charge in [0.05, 0.1) is 17.7 Å². The van der Waals surface area contributed by atoms with Crippen molar-refractivity contribution >= 4 is 5.91 Å². The molecule has 0 saturated carbocycles. The van der Waals surface area contributed by atoms with Crippen LogP contribution in [0.3, 0.4) is 0 Å². The zero-order valence-corrected chi connectivity index (χ0v) is 11.6. The van der Waals surface area contributed by atoms with Gasteiger partial charge in [-0.3, -0.25) is 4.79 Å². The molecule has 0 fully saturated rings. The van der Waals surface area contributed by atoms with E-state index in [9.17, 15) is 10.1 Å². The van der Waals surface area contributed by atoms with Crippen molar-refractivity contribution in [3.8, 4) is 23.3 Å². The number of nitrogens with zero attached hydrogens (tertiary/aromatic N) is 3. The lowest BCUT2D eigenvalue weighted by Gasteiger charge is -2.16. The van der Waals surface area contributed by atoms with E-state index in [1.54, 1.807) is 31.3 Å². The Kier molecular flexibility index (Phi) is 4.33. The van der Waals surface area contributed by atoms with Crippen LogP contribution in [-0.4, -0.2) is 24.4 Å². The summed E-state index contributed by atoms with van der Waals surface area (Å²) in [6.07, 6.45) is 0. The van der Waals surface area contributed by atoms with Crippen LogP contribution in [0.25, 0.3) is 11.1 Å². The van der Waals surface area contributed by atoms with E-state index in [0.717, 1.165) is 0 Å². The van der Waals surface area contributed by atoms with Crippen LogP contribution in [0.4, 0.5) is 0 Å². The van der Waals surface area contributed by atoms with Crippen molar-refractivity contribution in [1.82, 2.24) is 4.90 Å². The molecule has 0 aliphatic heterocycles. The number of hydrogen-bond donors (Lipinski definition) is 0. The second-order valence-corrected chi connectivity index (χ2v) is 4.52. The molecule has 1 amide bonds. The molecule has 0 spiro atoms. The normalized spacial score (nSPS) is 9.48. The summed E-state index contributed by atoms with van der Waals surface area (Å²) in [6.45, 7) is 0.0209. The number of benzene rings is 2. The maximum absolute atomic E-state index is 12.4. The Balaban J connectivity index is 2.55. The van der Waals surface area contributed by atoms with Crippen LogP contribution in [0, 0.1) is 22.7 Å². The fourth-order valence-corrected chi connectivity index (χ4v) is 2.10. The highest BCUT2D eigenvalue weighted by molar-refractivity contribution is 6.01. The van der Waals surface area contributed by atoms with Crippen molar-refractivity contribution in [3.05, 3.63) is 59.7 Å². The van der Waals surface area contributed by atoms with Gasteiger partial charge in [0.15, 0.2) is 0 Å². The summed E-state index contributed by atoms with van der Waals surface area (Å²) < 4.78 is 0. The van der Waals surface area contributed by atoms with Gasteiger partial charge in [-0.05, 0) is 17.7 Å². The molecule has 4 nitrogen and oxygen atoms in total. The quantitative estimate of drug-likeness (QED) is 0.809. The topological polar surface area (TPSA) is 67.9 Å². The fourth-order valence-electron chi connectivity index (χ4n) is 2.10. The van der Waals surface area contributed by atoms with Gasteiger partial charge >= 0.3 is 0 Å². The SMILES string of the molecule is CN(CC#N)C(=O)c1ccccc1-c1ccccc1C#N. The first-order chi connectivity index (χ1) is 10.2. The molecule has 0 N–H and O–H groups in total. The van der Waals surface area contributed by atoms with E-state index < -0.39 is 0 Å². The van der Waals surface area contributed by atoms with Gasteiger partial charge in [0, 0.05) is 18.2 Å². The molecule has 0 atom stereocenters. The standard InChI is InChI=1S/C17H13N3O/c1-20(11-10-18)17(21)16-9-5-4-8-15(16)14-7-3-2-6-13(14)12-19/h2-9H,11H2,1H3. The van der Waals surface area contributed by atoms with Gasteiger partial charge in [0.2, 0.25) is 0 Å². The average Bonchev–Trinajstić information content (AvgIpc) is 2.54. The Morgan fingerprint density at radius 2 is 1.67 bits per heavy atom. The third kappa shape index (κ3) is 2.91. The van der Waals surface area contributed by atoms with Gasteiger partial charge in [0.25, 0.3) is 5.91 Å². The molecule has 102 valence electrons. The summed E-state index contributed by atoms with van der Waals surface area (Å²) in [5, 5.41) is 17.9. The third-order valence-electron chi connectivity index (χ3n) is 3.15. The zero-order chi connectivity index (χ0) is 15.2. The monoisotopic (exact) mass is 275 g/mol. The van der Waals surface area contributed by atoms with Crippen LogP contribution in [0.2, 0.25) is 0 Å². The molecule has 0 radical (unpaired) electrons. The summed E-state index contributed by atoms with van der Waals surface area (Å²) in [7, 11) is 1.58. The highest BCUT2D eigenvalue weighted by Crippen LogP contribution is 2.27. The van der Waals surface area contributed by atoms with Crippen molar-refractivity contribution < 1.29 is 4.79 Å². The van der Waals surface area contributed by atoms with Gasteiger partial charge in [0.1, 0.15) is 6.54 Å². The number of rotatable bonds is 3. The zero-order valence-electron chi connectivity index (χ0n) is 11.6. The van der Waals surface area contributed by atoms with Crippen LogP contribution < -0.4 is 0 Å². The van der Waals surface area contributed by atoms with E-state index in [1.165, 1.54) is 4.90 Å². The molecule has 0 unspecified atom stereocenters. The van der Waals surface area contributed by atoms with E-state index in [0.29, 0.717) is 22.3 Å². The minimum absolute atomic E-state index is 0.0209. The van der Waals surface area contributed by atoms with Crippen molar-refractivity contribution in [2.45, 2.75) is 0 Å². The van der Waals surface area contributed by atoms with E-state index in [1.807, 2.05) is 30.3 Å². The molecule has 21 heavy (non-hydrogen) atoms. The molecule has 4 heteroatoms. The van der Waals surface area contributed by atoms with Gasteiger partial charge in [-0.15, -0.1) is 0 Å². The van der Waals surface area contributed by atoms with Crippen LogP contribution >= 0.6 is 0 Å². The van der Waals surface area contributed by atoms with Gasteiger partial charge in [-0.25, -0.2) is 0 Å². The predicted molar refractivity (Wildman–Crippen MR) is 79.2 cm³/mol. The molecular weight excluding hydrogens is 262 g/mol. The number of nitriles is 2. The first kappa shape index (κ1) is 14.3. The Labute approximate surface area is 123 Å². The number of amides is 1. The third-order valence-corrected chi connectivity index (χ3v) is 3.15. The number of hydrogen-bond acceptors (Lipinski definition) is 3. The van der Waals surface area contributed by atoms with Gasteiger partial charge < -0.3 is 4.90 Å². The lowest BCUT2D eigenvalue weighted by molar-refractivity contribution is 0.0812. The molecule has 0 bridgehead atoms. The van der Waals surface area contributed by atoms with Gasteiger partial charge in [-0.1, -0.05) is 36.4 Å². The average molecular weight is 275 g/mol. The summed E-state index contributed by atoms with van der Waals surface area (Å²) in [6, 6.07) is 18.3. The van der Waals surface area contributed by atoms with Crippen molar-refractivity contribution in [2.24, 2.45) is 0 Å². The summed E-state index contributed by atoms with van der Waals surface area (Å²) >= 11 is 0.